The summed E-state index contributed by atoms with van der Waals surface area (Å²) in [6.45, 7) is 1.03. The number of nitrogens with one attached hydrogen (secondary N) is 1. The van der Waals surface area contributed by atoms with Crippen LogP contribution in [0.3, 0.4) is 0 Å². The van der Waals surface area contributed by atoms with E-state index in [9.17, 15) is 17.2 Å². The van der Waals surface area contributed by atoms with Crippen molar-refractivity contribution < 1.29 is 17.2 Å². The van der Waals surface area contributed by atoms with Crippen LogP contribution in [-0.4, -0.2) is 37.0 Å². The molecule has 0 atom stereocenters. The molecule has 1 aliphatic rings. The van der Waals surface area contributed by atoms with Crippen molar-refractivity contribution in [1.29, 1.82) is 0 Å². The van der Waals surface area contributed by atoms with Gasteiger partial charge in [0.05, 0.1) is 11.8 Å². The molecule has 0 bridgehead atoms. The predicted octanol–water partition coefficient (Wildman–Crippen LogP) is 2.98. The summed E-state index contributed by atoms with van der Waals surface area (Å²) in [5.41, 5.74) is 2.25. The molecule has 0 aliphatic carbocycles. The lowest BCUT2D eigenvalue weighted by Gasteiger charge is -2.25. The summed E-state index contributed by atoms with van der Waals surface area (Å²) < 4.78 is 53.5. The molecule has 0 saturated carbocycles. The summed E-state index contributed by atoms with van der Waals surface area (Å²) in [5, 5.41) is 3.74. The van der Waals surface area contributed by atoms with Gasteiger partial charge in [0.2, 0.25) is 10.0 Å². The lowest BCUT2D eigenvalue weighted by Crippen LogP contribution is -2.35. The van der Waals surface area contributed by atoms with E-state index in [0.717, 1.165) is 37.6 Å². The molecule has 2 heterocycles. The second-order valence-electron chi connectivity index (χ2n) is 5.85. The quantitative estimate of drug-likeness (QED) is 0.639. The first-order valence-corrected chi connectivity index (χ1v) is 9.62. The number of hydrogen-bond acceptors (Lipinski definition) is 5. The molecule has 1 N–H and O–H groups in total. The maximum Gasteiger partial charge on any atom is 0.244 e. The van der Waals surface area contributed by atoms with Gasteiger partial charge in [0.25, 0.3) is 0 Å². The van der Waals surface area contributed by atoms with E-state index in [2.05, 4.69) is 15.5 Å². The van der Waals surface area contributed by atoms with Crippen molar-refractivity contribution in [3.8, 4) is 0 Å². The molecule has 1 fully saturated rings. The van der Waals surface area contributed by atoms with E-state index in [-0.39, 0.29) is 16.3 Å². The molecule has 2 aromatic rings. The SMILES string of the molecule is O=S(=O)(c1ccc(NN=Cc2c(F)cccc2F)nc1)N1CCCCC1. The summed E-state index contributed by atoms with van der Waals surface area (Å²) in [7, 11) is -3.55. The minimum atomic E-state index is -3.55. The summed E-state index contributed by atoms with van der Waals surface area (Å²) in [6, 6.07) is 6.40. The fourth-order valence-corrected chi connectivity index (χ4v) is 4.11. The van der Waals surface area contributed by atoms with E-state index in [1.165, 1.54) is 28.7 Å². The Labute approximate surface area is 150 Å². The van der Waals surface area contributed by atoms with E-state index >= 15 is 0 Å². The van der Waals surface area contributed by atoms with Gasteiger partial charge in [0.1, 0.15) is 22.3 Å². The highest BCUT2D eigenvalue weighted by Crippen LogP contribution is 2.20. The monoisotopic (exact) mass is 380 g/mol. The maximum absolute atomic E-state index is 13.5. The highest BCUT2D eigenvalue weighted by Gasteiger charge is 2.26. The average Bonchev–Trinajstić information content (AvgIpc) is 2.65. The minimum Gasteiger partial charge on any atom is -0.261 e. The lowest BCUT2D eigenvalue weighted by atomic mass is 10.2. The Hall–Kier alpha value is -2.39. The van der Waals surface area contributed by atoms with E-state index < -0.39 is 21.7 Å². The van der Waals surface area contributed by atoms with Crippen LogP contribution in [0.2, 0.25) is 0 Å². The number of pyridine rings is 1. The van der Waals surface area contributed by atoms with Crippen LogP contribution in [-0.2, 0) is 10.0 Å². The summed E-state index contributed by atoms with van der Waals surface area (Å²) in [6.07, 6.45) is 4.99. The predicted molar refractivity (Wildman–Crippen MR) is 94.4 cm³/mol. The first-order chi connectivity index (χ1) is 12.5. The molecule has 9 heteroatoms. The van der Waals surface area contributed by atoms with Gasteiger partial charge in [-0.15, -0.1) is 0 Å². The van der Waals surface area contributed by atoms with Crippen LogP contribution in [0, 0.1) is 11.6 Å². The van der Waals surface area contributed by atoms with Crippen LogP contribution in [0.4, 0.5) is 14.6 Å². The van der Waals surface area contributed by atoms with Crippen LogP contribution in [0.5, 0.6) is 0 Å². The third-order valence-electron chi connectivity index (χ3n) is 4.06. The van der Waals surface area contributed by atoms with Crippen molar-refractivity contribution in [2.24, 2.45) is 5.10 Å². The number of hydrogen-bond donors (Lipinski definition) is 1. The second kappa shape index (κ2) is 7.88. The average molecular weight is 380 g/mol. The topological polar surface area (TPSA) is 74.7 Å². The molecular weight excluding hydrogens is 362 g/mol. The molecule has 6 nitrogen and oxygen atoms in total. The van der Waals surface area contributed by atoms with Crippen LogP contribution in [0.25, 0.3) is 0 Å². The molecule has 1 aliphatic heterocycles. The molecule has 0 radical (unpaired) electrons. The second-order valence-corrected chi connectivity index (χ2v) is 7.79. The van der Waals surface area contributed by atoms with Crippen molar-refractivity contribution >= 4 is 22.1 Å². The lowest BCUT2D eigenvalue weighted by molar-refractivity contribution is 0.346. The van der Waals surface area contributed by atoms with Crippen LogP contribution in [0.1, 0.15) is 24.8 Å². The molecular formula is C17H18F2N4O2S. The van der Waals surface area contributed by atoms with Crippen LogP contribution < -0.4 is 5.43 Å². The Kier molecular flexibility index (Phi) is 5.58. The van der Waals surface area contributed by atoms with Gasteiger partial charge in [-0.2, -0.15) is 9.41 Å². The number of halogens is 2. The normalized spacial score (nSPS) is 16.1. The first kappa shape index (κ1) is 18.4. The van der Waals surface area contributed by atoms with Crippen LogP contribution in [0.15, 0.2) is 46.5 Å². The molecule has 1 aromatic heterocycles. The van der Waals surface area contributed by atoms with Crippen LogP contribution >= 0.6 is 0 Å². The number of nitrogens with zero attached hydrogens (tertiary/aromatic N) is 3. The first-order valence-electron chi connectivity index (χ1n) is 8.18. The third-order valence-corrected chi connectivity index (χ3v) is 5.94. The fourth-order valence-electron chi connectivity index (χ4n) is 2.65. The fraction of sp³-hybridized carbons (Fsp3) is 0.294. The van der Waals surface area contributed by atoms with Gasteiger partial charge in [-0.3, -0.25) is 5.43 Å². The van der Waals surface area contributed by atoms with Crippen molar-refractivity contribution in [3.05, 3.63) is 53.7 Å². The van der Waals surface area contributed by atoms with Gasteiger partial charge >= 0.3 is 0 Å². The van der Waals surface area contributed by atoms with Gasteiger partial charge in [0, 0.05) is 19.3 Å². The number of hydrazone groups is 1. The van der Waals surface area contributed by atoms with Crippen molar-refractivity contribution in [2.45, 2.75) is 24.2 Å². The number of piperidine rings is 1. The van der Waals surface area contributed by atoms with Gasteiger partial charge in [-0.05, 0) is 37.1 Å². The van der Waals surface area contributed by atoms with Gasteiger partial charge in [-0.25, -0.2) is 22.2 Å². The Morgan fingerprint density at radius 3 is 2.38 bits per heavy atom. The molecule has 26 heavy (non-hydrogen) atoms. The van der Waals surface area contributed by atoms with E-state index in [1.807, 2.05) is 0 Å². The van der Waals surface area contributed by atoms with Crippen molar-refractivity contribution in [2.75, 3.05) is 18.5 Å². The minimum absolute atomic E-state index is 0.106. The number of anilines is 1. The van der Waals surface area contributed by atoms with E-state index in [1.54, 1.807) is 0 Å². The van der Waals surface area contributed by atoms with E-state index in [0.29, 0.717) is 13.1 Å². The number of rotatable bonds is 5. The molecule has 1 aromatic carbocycles. The van der Waals surface area contributed by atoms with Gasteiger partial charge in [0.15, 0.2) is 0 Å². The Bertz CT molecular complexity index is 875. The zero-order valence-electron chi connectivity index (χ0n) is 13.9. The maximum atomic E-state index is 13.5. The molecule has 0 spiro atoms. The molecule has 0 unspecified atom stereocenters. The zero-order valence-corrected chi connectivity index (χ0v) is 14.7. The third kappa shape index (κ3) is 4.05. The van der Waals surface area contributed by atoms with Gasteiger partial charge < -0.3 is 0 Å². The number of benzene rings is 1. The van der Waals surface area contributed by atoms with E-state index in [4.69, 9.17) is 0 Å². The number of aromatic nitrogens is 1. The Morgan fingerprint density at radius 2 is 1.77 bits per heavy atom. The smallest absolute Gasteiger partial charge is 0.244 e. The highest BCUT2D eigenvalue weighted by atomic mass is 32.2. The number of sulfonamides is 1. The summed E-state index contributed by atoms with van der Waals surface area (Å²) in [5.74, 6) is -1.20. The summed E-state index contributed by atoms with van der Waals surface area (Å²) >= 11 is 0. The molecule has 0 amide bonds. The molecule has 138 valence electrons. The largest absolute Gasteiger partial charge is 0.261 e. The standard InChI is InChI=1S/C17H18F2N4O2S/c18-15-5-4-6-16(19)14(15)12-21-22-17-8-7-13(11-20-17)26(24,25)23-9-2-1-3-10-23/h4-8,11-12H,1-3,9-10H2,(H,20,22). The van der Waals surface area contributed by atoms with Gasteiger partial charge in [-0.1, -0.05) is 12.5 Å². The zero-order chi connectivity index (χ0) is 18.6. The van der Waals surface area contributed by atoms with Crippen molar-refractivity contribution in [3.63, 3.8) is 0 Å². The molecule has 3 rings (SSSR count). The van der Waals surface area contributed by atoms with Crippen molar-refractivity contribution in [1.82, 2.24) is 9.29 Å². The summed E-state index contributed by atoms with van der Waals surface area (Å²) in [4.78, 5) is 4.10. The molecule has 1 saturated heterocycles. The highest BCUT2D eigenvalue weighted by molar-refractivity contribution is 7.89. The Balaban J connectivity index is 1.69. The Morgan fingerprint density at radius 1 is 1.08 bits per heavy atom.